The van der Waals surface area contributed by atoms with Gasteiger partial charge in [0, 0.05) is 18.0 Å². The van der Waals surface area contributed by atoms with Crippen LogP contribution in [-0.2, 0) is 4.74 Å². The summed E-state index contributed by atoms with van der Waals surface area (Å²) in [6.07, 6.45) is 1.81. The van der Waals surface area contributed by atoms with E-state index in [1.165, 1.54) is 10.4 Å². The molecule has 0 aliphatic carbocycles. The quantitative estimate of drug-likeness (QED) is 0.790. The van der Waals surface area contributed by atoms with E-state index in [-0.39, 0.29) is 6.09 Å². The van der Waals surface area contributed by atoms with E-state index in [0.717, 1.165) is 31.6 Å². The zero-order valence-corrected chi connectivity index (χ0v) is 13.8. The normalized spacial score (nSPS) is 17.4. The number of carbonyl (C=O) groups is 1. The van der Waals surface area contributed by atoms with Crippen molar-refractivity contribution in [2.45, 2.75) is 59.0 Å². The van der Waals surface area contributed by atoms with Crippen molar-refractivity contribution in [1.29, 1.82) is 0 Å². The molecule has 0 atom stereocenters. The monoisotopic (exact) mass is 296 g/mol. The van der Waals surface area contributed by atoms with Crippen LogP contribution in [0.15, 0.2) is 0 Å². The second-order valence-corrected chi connectivity index (χ2v) is 7.46. The molecule has 1 aliphatic rings. The molecule has 1 aromatic rings. The molecule has 2 heterocycles. The topological polar surface area (TPSA) is 42.4 Å². The Morgan fingerprint density at radius 1 is 1.30 bits per heavy atom. The van der Waals surface area contributed by atoms with Gasteiger partial charge in [0.1, 0.15) is 5.60 Å². The molecule has 0 spiro atoms. The first-order valence-corrected chi connectivity index (χ1v) is 7.96. The van der Waals surface area contributed by atoms with Crippen LogP contribution in [0.25, 0.3) is 0 Å². The van der Waals surface area contributed by atoms with Gasteiger partial charge in [0.25, 0.3) is 0 Å². The number of ether oxygens (including phenoxy) is 1. The molecule has 0 N–H and O–H groups in total. The average molecular weight is 296 g/mol. The lowest BCUT2D eigenvalue weighted by Crippen LogP contribution is -2.41. The highest BCUT2D eigenvalue weighted by molar-refractivity contribution is 7.05. The molecule has 20 heavy (non-hydrogen) atoms. The van der Waals surface area contributed by atoms with E-state index >= 15 is 0 Å². The Hall–Kier alpha value is -1.10. The van der Waals surface area contributed by atoms with Crippen molar-refractivity contribution >= 4 is 17.6 Å². The maximum atomic E-state index is 12.0. The highest BCUT2D eigenvalue weighted by Crippen LogP contribution is 2.34. The van der Waals surface area contributed by atoms with E-state index < -0.39 is 5.60 Å². The van der Waals surface area contributed by atoms with Gasteiger partial charge in [0.05, 0.1) is 5.69 Å². The van der Waals surface area contributed by atoms with E-state index in [1.54, 1.807) is 11.5 Å². The Labute approximate surface area is 125 Å². The highest BCUT2D eigenvalue weighted by Gasteiger charge is 2.29. The third-order valence-electron chi connectivity index (χ3n) is 3.64. The summed E-state index contributed by atoms with van der Waals surface area (Å²) >= 11 is 1.58. The van der Waals surface area contributed by atoms with Crippen LogP contribution in [-0.4, -0.2) is 34.1 Å². The molecule has 1 aliphatic heterocycles. The first-order valence-electron chi connectivity index (χ1n) is 7.18. The van der Waals surface area contributed by atoms with Gasteiger partial charge in [0.2, 0.25) is 0 Å². The highest BCUT2D eigenvalue weighted by atomic mass is 32.1. The molecule has 1 aromatic heterocycles. The number of piperidine rings is 1. The van der Waals surface area contributed by atoms with Gasteiger partial charge in [-0.1, -0.05) is 0 Å². The smallest absolute Gasteiger partial charge is 0.410 e. The van der Waals surface area contributed by atoms with Gasteiger partial charge in [-0.3, -0.25) is 0 Å². The molecule has 4 nitrogen and oxygen atoms in total. The molecule has 5 heteroatoms. The second-order valence-electron chi connectivity index (χ2n) is 6.48. The number of aromatic nitrogens is 1. The summed E-state index contributed by atoms with van der Waals surface area (Å²) in [6.45, 7) is 11.5. The number of aryl methyl sites for hydroxylation is 2. The molecule has 0 bridgehead atoms. The van der Waals surface area contributed by atoms with E-state index in [0.29, 0.717) is 5.92 Å². The Bertz CT molecular complexity index is 463. The fraction of sp³-hybridized carbons (Fsp3) is 0.733. The van der Waals surface area contributed by atoms with Gasteiger partial charge < -0.3 is 9.64 Å². The predicted octanol–water partition coefficient (Wildman–Crippen LogP) is 3.87. The van der Waals surface area contributed by atoms with Crippen molar-refractivity contribution in [3.05, 3.63) is 16.1 Å². The van der Waals surface area contributed by atoms with E-state index in [1.807, 2.05) is 25.7 Å². The summed E-state index contributed by atoms with van der Waals surface area (Å²) in [4.78, 5) is 15.2. The van der Waals surface area contributed by atoms with Gasteiger partial charge in [-0.25, -0.2) is 4.79 Å². The summed E-state index contributed by atoms with van der Waals surface area (Å²) in [5.41, 5.74) is 2.14. The molecule has 1 fully saturated rings. The van der Waals surface area contributed by atoms with Crippen LogP contribution in [0.3, 0.4) is 0 Å². The number of rotatable bonds is 1. The van der Waals surface area contributed by atoms with Crippen LogP contribution < -0.4 is 0 Å². The van der Waals surface area contributed by atoms with Crippen LogP contribution in [0.5, 0.6) is 0 Å². The van der Waals surface area contributed by atoms with E-state index in [4.69, 9.17) is 4.74 Å². The zero-order valence-electron chi connectivity index (χ0n) is 13.0. The third kappa shape index (κ3) is 3.51. The van der Waals surface area contributed by atoms with E-state index in [9.17, 15) is 4.79 Å². The molecule has 0 saturated carbocycles. The Morgan fingerprint density at radius 2 is 1.90 bits per heavy atom. The van der Waals surface area contributed by atoms with Gasteiger partial charge >= 0.3 is 6.09 Å². The SMILES string of the molecule is Cc1nsc(C)c1C1CCN(C(=O)OC(C)(C)C)CC1. The lowest BCUT2D eigenvalue weighted by molar-refractivity contribution is 0.0205. The van der Waals surface area contributed by atoms with Gasteiger partial charge in [0.15, 0.2) is 0 Å². The fourth-order valence-corrected chi connectivity index (χ4v) is 3.54. The van der Waals surface area contributed by atoms with Crippen LogP contribution >= 0.6 is 11.5 Å². The number of amides is 1. The third-order valence-corrected chi connectivity index (χ3v) is 4.50. The van der Waals surface area contributed by atoms with Crippen molar-refractivity contribution < 1.29 is 9.53 Å². The molecule has 1 saturated heterocycles. The number of carbonyl (C=O) groups excluding carboxylic acids is 1. The maximum absolute atomic E-state index is 12.0. The predicted molar refractivity (Wildman–Crippen MR) is 81.4 cm³/mol. The van der Waals surface area contributed by atoms with Crippen molar-refractivity contribution in [3.63, 3.8) is 0 Å². The minimum atomic E-state index is -0.418. The van der Waals surface area contributed by atoms with Crippen molar-refractivity contribution in [1.82, 2.24) is 9.27 Å². The molecule has 112 valence electrons. The lowest BCUT2D eigenvalue weighted by atomic mass is 9.89. The number of nitrogens with zero attached hydrogens (tertiary/aromatic N) is 2. The average Bonchev–Trinajstić information content (AvgIpc) is 2.67. The minimum Gasteiger partial charge on any atom is -0.444 e. The molecule has 0 aromatic carbocycles. The summed E-state index contributed by atoms with van der Waals surface area (Å²) in [6, 6.07) is 0. The largest absolute Gasteiger partial charge is 0.444 e. The van der Waals surface area contributed by atoms with Crippen LogP contribution in [0.4, 0.5) is 4.79 Å². The first kappa shape index (κ1) is 15.3. The number of likely N-dealkylation sites (tertiary alicyclic amines) is 1. The van der Waals surface area contributed by atoms with Crippen molar-refractivity contribution in [2.24, 2.45) is 0 Å². The van der Waals surface area contributed by atoms with E-state index in [2.05, 4.69) is 18.2 Å². The van der Waals surface area contributed by atoms with Crippen LogP contribution in [0.1, 0.15) is 55.7 Å². The fourth-order valence-electron chi connectivity index (χ4n) is 2.75. The van der Waals surface area contributed by atoms with Gasteiger partial charge in [-0.15, -0.1) is 0 Å². The number of hydrogen-bond acceptors (Lipinski definition) is 4. The van der Waals surface area contributed by atoms with Crippen LogP contribution in [0.2, 0.25) is 0 Å². The molecule has 0 unspecified atom stereocenters. The Morgan fingerprint density at radius 3 is 2.35 bits per heavy atom. The summed E-state index contributed by atoms with van der Waals surface area (Å²) in [7, 11) is 0. The second kappa shape index (κ2) is 5.72. The molecule has 2 rings (SSSR count). The standard InChI is InChI=1S/C15H24N2O2S/c1-10-13(11(2)20-16-10)12-6-8-17(9-7-12)14(18)19-15(3,4)5/h12H,6-9H2,1-5H3. The van der Waals surface area contributed by atoms with Crippen LogP contribution in [0, 0.1) is 13.8 Å². The maximum Gasteiger partial charge on any atom is 0.410 e. The number of hydrogen-bond donors (Lipinski definition) is 0. The summed E-state index contributed by atoms with van der Waals surface area (Å²) < 4.78 is 9.86. The molecular formula is C15H24N2O2S. The summed E-state index contributed by atoms with van der Waals surface area (Å²) in [5, 5.41) is 0. The van der Waals surface area contributed by atoms with Crippen molar-refractivity contribution in [2.75, 3.05) is 13.1 Å². The van der Waals surface area contributed by atoms with Gasteiger partial charge in [-0.2, -0.15) is 4.37 Å². The molecule has 0 radical (unpaired) electrons. The summed E-state index contributed by atoms with van der Waals surface area (Å²) in [5.74, 6) is 0.535. The molecular weight excluding hydrogens is 272 g/mol. The minimum absolute atomic E-state index is 0.187. The molecule has 1 amide bonds. The first-order chi connectivity index (χ1) is 9.28. The Kier molecular flexibility index (Phi) is 4.37. The Balaban J connectivity index is 1.94. The lowest BCUT2D eigenvalue weighted by Gasteiger charge is -2.33. The van der Waals surface area contributed by atoms with Crippen molar-refractivity contribution in [3.8, 4) is 0 Å². The zero-order chi connectivity index (χ0) is 14.9. The van der Waals surface area contributed by atoms with Gasteiger partial charge in [-0.05, 0) is 70.5 Å².